The minimum absolute atomic E-state index is 0. The quantitative estimate of drug-likeness (QED) is 0.904. The molecule has 18 heavy (non-hydrogen) atoms. The zero-order chi connectivity index (χ0) is 12.3. The first-order valence-corrected chi connectivity index (χ1v) is 6.29. The summed E-state index contributed by atoms with van der Waals surface area (Å²) in [4.78, 5) is 14.1. The first-order valence-electron chi connectivity index (χ1n) is 5.91. The van der Waals surface area contributed by atoms with Crippen LogP contribution in [0.4, 0.5) is 0 Å². The molecule has 100 valence electrons. The van der Waals surface area contributed by atoms with Crippen molar-refractivity contribution in [3.63, 3.8) is 0 Å². The molecule has 1 aliphatic rings. The molecule has 1 N–H and O–H groups in total. The van der Waals surface area contributed by atoms with Crippen LogP contribution in [0, 0.1) is 0 Å². The predicted molar refractivity (Wildman–Crippen MR) is 76.4 cm³/mol. The Morgan fingerprint density at radius 2 is 2.33 bits per heavy atom. The third-order valence-electron chi connectivity index (χ3n) is 3.07. The van der Waals surface area contributed by atoms with Crippen LogP contribution >= 0.6 is 24.0 Å². The Bertz CT molecular complexity index is 412. The maximum atomic E-state index is 12.1. The lowest BCUT2D eigenvalue weighted by Gasteiger charge is -2.34. The van der Waals surface area contributed by atoms with Gasteiger partial charge in [0.2, 0.25) is 5.91 Å². The number of rotatable bonds is 2. The first-order chi connectivity index (χ1) is 8.16. The molecule has 1 heterocycles. The van der Waals surface area contributed by atoms with Crippen LogP contribution < -0.4 is 5.32 Å². The van der Waals surface area contributed by atoms with Crippen molar-refractivity contribution in [2.24, 2.45) is 0 Å². The zero-order valence-electron chi connectivity index (χ0n) is 10.4. The molecule has 1 aromatic carbocycles. The minimum Gasteiger partial charge on any atom is -0.337 e. The van der Waals surface area contributed by atoms with Gasteiger partial charge < -0.3 is 10.2 Å². The molecule has 1 aromatic rings. The third kappa shape index (κ3) is 3.87. The summed E-state index contributed by atoms with van der Waals surface area (Å²) < 4.78 is 0. The van der Waals surface area contributed by atoms with E-state index < -0.39 is 0 Å². The zero-order valence-corrected chi connectivity index (χ0v) is 11.9. The van der Waals surface area contributed by atoms with Crippen molar-refractivity contribution in [1.29, 1.82) is 0 Å². The highest BCUT2D eigenvalue weighted by molar-refractivity contribution is 6.30. The molecule has 0 bridgehead atoms. The van der Waals surface area contributed by atoms with E-state index >= 15 is 0 Å². The Morgan fingerprint density at radius 1 is 1.56 bits per heavy atom. The van der Waals surface area contributed by atoms with Gasteiger partial charge >= 0.3 is 0 Å². The molecule has 0 aliphatic carbocycles. The van der Waals surface area contributed by atoms with Crippen LogP contribution in [0.15, 0.2) is 24.3 Å². The normalized spacial score (nSPS) is 19.2. The summed E-state index contributed by atoms with van der Waals surface area (Å²) >= 11 is 5.91. The molecule has 0 radical (unpaired) electrons. The van der Waals surface area contributed by atoms with E-state index in [9.17, 15) is 4.79 Å². The topological polar surface area (TPSA) is 32.3 Å². The van der Waals surface area contributed by atoms with Gasteiger partial charge in [0.25, 0.3) is 0 Å². The third-order valence-corrected chi connectivity index (χ3v) is 3.30. The summed E-state index contributed by atoms with van der Waals surface area (Å²) in [6, 6.07) is 7.77. The summed E-state index contributed by atoms with van der Waals surface area (Å²) in [6.45, 7) is 4.62. The van der Waals surface area contributed by atoms with Crippen LogP contribution in [-0.2, 0) is 11.2 Å². The molecule has 1 aliphatic heterocycles. The molecule has 1 fully saturated rings. The molecular weight excluding hydrogens is 271 g/mol. The monoisotopic (exact) mass is 288 g/mol. The SMILES string of the molecule is C[C@@H]1CNCCN1C(=O)Cc1cccc(Cl)c1.Cl. The van der Waals surface area contributed by atoms with Crippen molar-refractivity contribution >= 4 is 29.9 Å². The summed E-state index contributed by atoms with van der Waals surface area (Å²) in [7, 11) is 0. The van der Waals surface area contributed by atoms with E-state index in [1.807, 2.05) is 29.2 Å². The van der Waals surface area contributed by atoms with Crippen molar-refractivity contribution < 1.29 is 4.79 Å². The number of piperazine rings is 1. The standard InChI is InChI=1S/C13H17ClN2O.ClH/c1-10-9-15-5-6-16(10)13(17)8-11-3-2-4-12(14)7-11;/h2-4,7,10,15H,5-6,8-9H2,1H3;1H/t10-;/m1./s1. The highest BCUT2D eigenvalue weighted by atomic mass is 35.5. The van der Waals surface area contributed by atoms with Gasteiger partial charge in [0.15, 0.2) is 0 Å². The van der Waals surface area contributed by atoms with E-state index in [1.165, 1.54) is 0 Å². The van der Waals surface area contributed by atoms with E-state index in [1.54, 1.807) is 0 Å². The second-order valence-electron chi connectivity index (χ2n) is 4.45. The highest BCUT2D eigenvalue weighted by Gasteiger charge is 2.22. The largest absolute Gasteiger partial charge is 0.337 e. The fourth-order valence-corrected chi connectivity index (χ4v) is 2.35. The number of nitrogens with zero attached hydrogens (tertiary/aromatic N) is 1. The number of hydrogen-bond acceptors (Lipinski definition) is 2. The lowest BCUT2D eigenvalue weighted by molar-refractivity contribution is -0.133. The molecule has 0 saturated carbocycles. The van der Waals surface area contributed by atoms with Gasteiger partial charge in [-0.3, -0.25) is 4.79 Å². The fourth-order valence-electron chi connectivity index (χ4n) is 2.13. The van der Waals surface area contributed by atoms with Crippen LogP contribution in [0.3, 0.4) is 0 Å². The van der Waals surface area contributed by atoms with Crippen LogP contribution in [0.1, 0.15) is 12.5 Å². The van der Waals surface area contributed by atoms with E-state index in [0.29, 0.717) is 11.4 Å². The number of amides is 1. The Kier molecular flexibility index (Phi) is 5.93. The Labute approximate surface area is 119 Å². The molecule has 1 saturated heterocycles. The number of halogens is 2. The summed E-state index contributed by atoms with van der Waals surface area (Å²) in [5.74, 6) is 0.182. The predicted octanol–water partition coefficient (Wildman–Crippen LogP) is 2.12. The Hall–Kier alpha value is -0.770. The summed E-state index contributed by atoms with van der Waals surface area (Å²) in [6.07, 6.45) is 0.435. The van der Waals surface area contributed by atoms with Crippen LogP contribution in [0.2, 0.25) is 5.02 Å². The van der Waals surface area contributed by atoms with Crippen molar-refractivity contribution in [3.05, 3.63) is 34.9 Å². The van der Waals surface area contributed by atoms with Gasteiger partial charge in [0.1, 0.15) is 0 Å². The smallest absolute Gasteiger partial charge is 0.227 e. The maximum Gasteiger partial charge on any atom is 0.227 e. The highest BCUT2D eigenvalue weighted by Crippen LogP contribution is 2.13. The number of carbonyl (C=O) groups is 1. The average molecular weight is 289 g/mol. The van der Waals surface area contributed by atoms with E-state index in [2.05, 4.69) is 12.2 Å². The van der Waals surface area contributed by atoms with Gasteiger partial charge in [-0.05, 0) is 24.6 Å². The van der Waals surface area contributed by atoms with E-state index in [-0.39, 0.29) is 24.4 Å². The molecule has 0 aromatic heterocycles. The van der Waals surface area contributed by atoms with E-state index in [4.69, 9.17) is 11.6 Å². The van der Waals surface area contributed by atoms with E-state index in [0.717, 1.165) is 25.2 Å². The Morgan fingerprint density at radius 3 is 3.00 bits per heavy atom. The number of carbonyl (C=O) groups excluding carboxylic acids is 1. The van der Waals surface area contributed by atoms with Gasteiger partial charge in [-0.15, -0.1) is 12.4 Å². The lowest BCUT2D eigenvalue weighted by atomic mass is 10.1. The molecule has 0 spiro atoms. The molecule has 2 rings (SSSR count). The molecule has 0 unspecified atom stereocenters. The van der Waals surface area contributed by atoms with Gasteiger partial charge in [-0.25, -0.2) is 0 Å². The van der Waals surface area contributed by atoms with Crippen LogP contribution in [0.25, 0.3) is 0 Å². The van der Waals surface area contributed by atoms with Crippen molar-refractivity contribution in [2.45, 2.75) is 19.4 Å². The minimum atomic E-state index is 0. The van der Waals surface area contributed by atoms with Gasteiger partial charge in [0.05, 0.1) is 6.42 Å². The second kappa shape index (κ2) is 6.98. The molecule has 5 heteroatoms. The van der Waals surface area contributed by atoms with Crippen molar-refractivity contribution in [2.75, 3.05) is 19.6 Å². The molecule has 1 amide bonds. The number of hydrogen-bond donors (Lipinski definition) is 1. The first kappa shape index (κ1) is 15.3. The number of nitrogens with one attached hydrogen (secondary N) is 1. The van der Waals surface area contributed by atoms with Gasteiger partial charge in [0, 0.05) is 30.7 Å². The van der Waals surface area contributed by atoms with Crippen molar-refractivity contribution in [1.82, 2.24) is 10.2 Å². The molecule has 3 nitrogen and oxygen atoms in total. The lowest BCUT2D eigenvalue weighted by Crippen LogP contribution is -2.52. The fraction of sp³-hybridized carbons (Fsp3) is 0.462. The van der Waals surface area contributed by atoms with Crippen LogP contribution in [0.5, 0.6) is 0 Å². The summed E-state index contributed by atoms with van der Waals surface area (Å²) in [5, 5.41) is 3.96. The summed E-state index contributed by atoms with van der Waals surface area (Å²) in [5.41, 5.74) is 0.980. The Balaban J connectivity index is 0.00000162. The van der Waals surface area contributed by atoms with Crippen molar-refractivity contribution in [3.8, 4) is 0 Å². The number of benzene rings is 1. The second-order valence-corrected chi connectivity index (χ2v) is 4.88. The van der Waals surface area contributed by atoms with Crippen LogP contribution in [-0.4, -0.2) is 36.5 Å². The van der Waals surface area contributed by atoms with Gasteiger partial charge in [-0.2, -0.15) is 0 Å². The molecular formula is C13H18Cl2N2O. The molecule has 1 atom stereocenters. The maximum absolute atomic E-state index is 12.1. The average Bonchev–Trinajstić information content (AvgIpc) is 2.29. The van der Waals surface area contributed by atoms with Gasteiger partial charge in [-0.1, -0.05) is 23.7 Å².